The molecule has 0 aliphatic carbocycles. The summed E-state index contributed by atoms with van der Waals surface area (Å²) in [7, 11) is 0. The standard InChI is InChI=1S/C17H13ClF2N2O2/c18-12-8-11(19)5-6-14(12)21-17(24)10-7-16(23)22(9-10)15-4-2-1-3-13(15)20/h1-6,8,10H,7,9H2,(H,21,24)/t10-/m0/s1. The number of para-hydroxylation sites is 1. The Bertz CT molecular complexity index is 813. The summed E-state index contributed by atoms with van der Waals surface area (Å²) in [5, 5.41) is 2.64. The third-order valence-corrected chi connectivity index (χ3v) is 4.14. The minimum atomic E-state index is -0.641. The normalized spacial score (nSPS) is 17.2. The van der Waals surface area contributed by atoms with Crippen molar-refractivity contribution in [1.29, 1.82) is 0 Å². The smallest absolute Gasteiger partial charge is 0.229 e. The van der Waals surface area contributed by atoms with Gasteiger partial charge in [0.25, 0.3) is 0 Å². The fraction of sp³-hybridized carbons (Fsp3) is 0.176. The van der Waals surface area contributed by atoms with Crippen molar-refractivity contribution < 1.29 is 18.4 Å². The van der Waals surface area contributed by atoms with Crippen molar-refractivity contribution in [2.45, 2.75) is 6.42 Å². The van der Waals surface area contributed by atoms with Gasteiger partial charge in [-0.3, -0.25) is 9.59 Å². The first-order chi connectivity index (χ1) is 11.5. The molecule has 1 saturated heterocycles. The van der Waals surface area contributed by atoms with E-state index in [1.165, 1.54) is 35.2 Å². The van der Waals surface area contributed by atoms with Crippen LogP contribution in [0.2, 0.25) is 5.02 Å². The van der Waals surface area contributed by atoms with Crippen LogP contribution in [0.1, 0.15) is 6.42 Å². The number of rotatable bonds is 3. The zero-order valence-electron chi connectivity index (χ0n) is 12.4. The van der Waals surface area contributed by atoms with Gasteiger partial charge in [-0.25, -0.2) is 8.78 Å². The highest BCUT2D eigenvalue weighted by atomic mass is 35.5. The maximum Gasteiger partial charge on any atom is 0.229 e. The van der Waals surface area contributed by atoms with Gasteiger partial charge in [0.1, 0.15) is 11.6 Å². The quantitative estimate of drug-likeness (QED) is 0.919. The molecule has 1 aliphatic rings. The van der Waals surface area contributed by atoms with Crippen LogP contribution >= 0.6 is 11.6 Å². The zero-order valence-corrected chi connectivity index (χ0v) is 13.2. The van der Waals surface area contributed by atoms with Gasteiger partial charge < -0.3 is 10.2 Å². The molecule has 0 bridgehead atoms. The summed E-state index contributed by atoms with van der Waals surface area (Å²) in [6.45, 7) is 0.0738. The van der Waals surface area contributed by atoms with E-state index < -0.39 is 23.5 Å². The fourth-order valence-corrected chi connectivity index (χ4v) is 2.83. The molecule has 124 valence electrons. The minimum Gasteiger partial charge on any atom is -0.324 e. The van der Waals surface area contributed by atoms with Gasteiger partial charge in [0.05, 0.1) is 22.3 Å². The molecular formula is C17H13ClF2N2O2. The van der Waals surface area contributed by atoms with Gasteiger partial charge >= 0.3 is 0 Å². The molecule has 2 amide bonds. The van der Waals surface area contributed by atoms with Crippen molar-refractivity contribution in [3.63, 3.8) is 0 Å². The molecule has 3 rings (SSSR count). The topological polar surface area (TPSA) is 49.4 Å². The summed E-state index contributed by atoms with van der Waals surface area (Å²) in [6, 6.07) is 9.51. The summed E-state index contributed by atoms with van der Waals surface area (Å²) in [6.07, 6.45) is -0.0288. The lowest BCUT2D eigenvalue weighted by Gasteiger charge is -2.17. The average molecular weight is 351 g/mol. The van der Waals surface area contributed by atoms with Gasteiger partial charge in [-0.2, -0.15) is 0 Å². The van der Waals surface area contributed by atoms with E-state index in [0.717, 1.165) is 6.07 Å². The molecule has 1 aliphatic heterocycles. The summed E-state index contributed by atoms with van der Waals surface area (Å²) >= 11 is 5.87. The minimum absolute atomic E-state index is 0.0288. The van der Waals surface area contributed by atoms with Crippen LogP contribution in [-0.4, -0.2) is 18.4 Å². The van der Waals surface area contributed by atoms with Gasteiger partial charge in [-0.15, -0.1) is 0 Å². The van der Waals surface area contributed by atoms with Crippen LogP contribution in [-0.2, 0) is 9.59 Å². The van der Waals surface area contributed by atoms with Crippen LogP contribution in [0.15, 0.2) is 42.5 Å². The number of nitrogens with zero attached hydrogens (tertiary/aromatic N) is 1. The molecule has 0 spiro atoms. The summed E-state index contributed by atoms with van der Waals surface area (Å²) in [5.41, 5.74) is 0.414. The zero-order chi connectivity index (χ0) is 17.3. The molecule has 7 heteroatoms. The van der Waals surface area contributed by atoms with E-state index in [2.05, 4.69) is 5.32 Å². The molecule has 0 radical (unpaired) electrons. The average Bonchev–Trinajstić information content (AvgIpc) is 2.92. The molecule has 4 nitrogen and oxygen atoms in total. The number of carbonyl (C=O) groups excluding carboxylic acids is 2. The molecule has 24 heavy (non-hydrogen) atoms. The third-order valence-electron chi connectivity index (χ3n) is 3.83. The number of benzene rings is 2. The van der Waals surface area contributed by atoms with Crippen molar-refractivity contribution in [1.82, 2.24) is 0 Å². The first kappa shape index (κ1) is 16.4. The van der Waals surface area contributed by atoms with Gasteiger partial charge in [-0.05, 0) is 30.3 Å². The first-order valence-electron chi connectivity index (χ1n) is 7.26. The van der Waals surface area contributed by atoms with E-state index in [1.807, 2.05) is 0 Å². The first-order valence-corrected chi connectivity index (χ1v) is 7.64. The number of carbonyl (C=O) groups is 2. The van der Waals surface area contributed by atoms with E-state index in [4.69, 9.17) is 11.6 Å². The highest BCUT2D eigenvalue weighted by molar-refractivity contribution is 6.33. The van der Waals surface area contributed by atoms with E-state index in [9.17, 15) is 18.4 Å². The SMILES string of the molecule is O=C(Nc1ccc(F)cc1Cl)[C@H]1CC(=O)N(c2ccccc2F)C1. The van der Waals surface area contributed by atoms with Gasteiger partial charge in [0, 0.05) is 13.0 Å². The van der Waals surface area contributed by atoms with E-state index >= 15 is 0 Å². The number of halogens is 3. The number of anilines is 2. The Kier molecular flexibility index (Phi) is 4.49. The molecule has 1 atom stereocenters. The van der Waals surface area contributed by atoms with Crippen molar-refractivity contribution in [2.75, 3.05) is 16.8 Å². The number of hydrogen-bond donors (Lipinski definition) is 1. The summed E-state index contributed by atoms with van der Waals surface area (Å²) in [4.78, 5) is 25.7. The predicted octanol–water partition coefficient (Wildman–Crippen LogP) is 3.61. The van der Waals surface area contributed by atoms with Crippen molar-refractivity contribution in [3.8, 4) is 0 Å². The van der Waals surface area contributed by atoms with Crippen LogP contribution < -0.4 is 10.2 Å². The summed E-state index contributed by atoms with van der Waals surface area (Å²) < 4.78 is 26.9. The Labute approximate surface area is 142 Å². The van der Waals surface area contributed by atoms with Crippen LogP contribution in [0, 0.1) is 17.6 Å². The highest BCUT2D eigenvalue weighted by Crippen LogP contribution is 2.29. The fourth-order valence-electron chi connectivity index (χ4n) is 2.61. The maximum absolute atomic E-state index is 13.8. The number of hydrogen-bond acceptors (Lipinski definition) is 2. The molecule has 1 heterocycles. The molecule has 0 unspecified atom stereocenters. The Morgan fingerprint density at radius 1 is 1.21 bits per heavy atom. The second-order valence-electron chi connectivity index (χ2n) is 5.47. The van der Waals surface area contributed by atoms with Crippen LogP contribution in [0.5, 0.6) is 0 Å². The monoisotopic (exact) mass is 350 g/mol. The summed E-state index contributed by atoms with van der Waals surface area (Å²) in [5.74, 6) is -2.42. The van der Waals surface area contributed by atoms with Crippen LogP contribution in [0.4, 0.5) is 20.2 Å². The van der Waals surface area contributed by atoms with Gasteiger partial charge in [-0.1, -0.05) is 23.7 Å². The molecule has 1 N–H and O–H groups in total. The largest absolute Gasteiger partial charge is 0.324 e. The van der Waals surface area contributed by atoms with Crippen molar-refractivity contribution in [3.05, 3.63) is 59.1 Å². The molecule has 0 aromatic heterocycles. The Hall–Kier alpha value is -2.47. The van der Waals surface area contributed by atoms with Crippen molar-refractivity contribution >= 4 is 34.8 Å². The van der Waals surface area contributed by atoms with Crippen LogP contribution in [0.3, 0.4) is 0 Å². The Morgan fingerprint density at radius 2 is 1.96 bits per heavy atom. The predicted molar refractivity (Wildman–Crippen MR) is 86.9 cm³/mol. The van der Waals surface area contributed by atoms with Gasteiger partial charge in [0.15, 0.2) is 0 Å². The molecule has 1 fully saturated rings. The van der Waals surface area contributed by atoms with E-state index in [0.29, 0.717) is 0 Å². The second kappa shape index (κ2) is 6.57. The second-order valence-corrected chi connectivity index (χ2v) is 5.88. The Balaban J connectivity index is 1.73. The number of amides is 2. The highest BCUT2D eigenvalue weighted by Gasteiger charge is 2.36. The molecular weight excluding hydrogens is 338 g/mol. The van der Waals surface area contributed by atoms with Crippen LogP contribution in [0.25, 0.3) is 0 Å². The third kappa shape index (κ3) is 3.23. The van der Waals surface area contributed by atoms with Crippen molar-refractivity contribution in [2.24, 2.45) is 5.92 Å². The molecule has 2 aromatic rings. The molecule has 0 saturated carbocycles. The number of nitrogens with one attached hydrogen (secondary N) is 1. The van der Waals surface area contributed by atoms with E-state index in [1.54, 1.807) is 6.07 Å². The maximum atomic E-state index is 13.8. The van der Waals surface area contributed by atoms with Gasteiger partial charge in [0.2, 0.25) is 11.8 Å². The molecule has 2 aromatic carbocycles. The van der Waals surface area contributed by atoms with E-state index in [-0.39, 0.29) is 35.3 Å². The lowest BCUT2D eigenvalue weighted by atomic mass is 10.1. The Morgan fingerprint density at radius 3 is 2.67 bits per heavy atom. The lowest BCUT2D eigenvalue weighted by Crippen LogP contribution is -2.28. The lowest BCUT2D eigenvalue weighted by molar-refractivity contribution is -0.122.